The van der Waals surface area contributed by atoms with Gasteiger partial charge in [-0.1, -0.05) is 285 Å². The van der Waals surface area contributed by atoms with Gasteiger partial charge in [-0.3, -0.25) is 0 Å². The van der Waals surface area contributed by atoms with Gasteiger partial charge < -0.3 is 27.6 Å². The molecule has 7 heterocycles. The molecule has 0 saturated carbocycles. The van der Waals surface area contributed by atoms with E-state index in [0.29, 0.717) is 73.2 Å². The Morgan fingerprint density at radius 1 is 0.313 bits per heavy atom. The van der Waals surface area contributed by atoms with Gasteiger partial charge in [-0.05, 0) is 176 Å². The molecular weight excluding hydrogens is 1740 g/mol. The first kappa shape index (κ1) is 83.1. The van der Waals surface area contributed by atoms with Crippen molar-refractivity contribution in [1.82, 2.24) is 38.2 Å². The third-order valence-electron chi connectivity index (χ3n) is 25.0. The van der Waals surface area contributed by atoms with E-state index in [1.165, 1.54) is 48.9 Å². The van der Waals surface area contributed by atoms with Gasteiger partial charge in [-0.25, -0.2) is 34.5 Å². The van der Waals surface area contributed by atoms with Gasteiger partial charge in [-0.15, -0.1) is 24.0 Å². The Labute approximate surface area is 779 Å². The largest absolute Gasteiger partial charge is 0.494 e. The molecule has 0 N–H and O–H groups in total. The molecule has 131 heavy (non-hydrogen) atoms. The first-order chi connectivity index (χ1) is 63.7. The van der Waals surface area contributed by atoms with Crippen molar-refractivity contribution >= 4 is 152 Å². The van der Waals surface area contributed by atoms with E-state index in [1.807, 2.05) is 146 Å². The molecule has 1 fully saturated rings. The highest BCUT2D eigenvalue weighted by Crippen LogP contribution is 2.49. The molecular formula is C114H77BClIN12O2. The van der Waals surface area contributed by atoms with Gasteiger partial charge in [0, 0.05) is 87.6 Å². The zero-order chi connectivity index (χ0) is 88.3. The zero-order valence-electron chi connectivity index (χ0n) is 71.5. The lowest BCUT2D eigenvalue weighted by molar-refractivity contribution is 0.00578. The number of benzene rings is 16. The monoisotopic (exact) mass is 1820 g/mol. The smallest absolute Gasteiger partial charge is 0.399 e. The fourth-order valence-corrected chi connectivity index (χ4v) is 18.4. The van der Waals surface area contributed by atoms with E-state index in [-0.39, 0.29) is 24.0 Å². The lowest BCUT2D eigenvalue weighted by Gasteiger charge is -2.32. The number of hydrogen-bond donors (Lipinski definition) is 0. The van der Waals surface area contributed by atoms with E-state index in [4.69, 9.17) is 60.6 Å². The van der Waals surface area contributed by atoms with Crippen molar-refractivity contribution in [2.24, 2.45) is 0 Å². The van der Waals surface area contributed by atoms with Crippen molar-refractivity contribution in [3.05, 3.63) is 433 Å². The van der Waals surface area contributed by atoms with Crippen LogP contribution in [-0.2, 0) is 9.31 Å². The molecule has 622 valence electrons. The van der Waals surface area contributed by atoms with E-state index < -0.39 is 18.3 Å². The van der Waals surface area contributed by atoms with Crippen molar-refractivity contribution in [2.75, 3.05) is 0 Å². The van der Waals surface area contributed by atoms with Crippen LogP contribution in [0.5, 0.6) is 0 Å². The minimum Gasteiger partial charge on any atom is -0.399 e. The summed E-state index contributed by atoms with van der Waals surface area (Å²) in [5.74, 6) is 1.03. The van der Waals surface area contributed by atoms with Crippen LogP contribution in [-0.4, -0.2) is 56.5 Å². The van der Waals surface area contributed by atoms with Crippen LogP contribution >= 0.6 is 35.6 Å². The normalized spacial score (nSPS) is 12.6. The Morgan fingerprint density at radius 2 is 0.634 bits per heavy atom. The SMILES string of the molecule is CC1(C)OB(c2ccc3c(c2)c2c4c5ccccc5n(-c5ccccc5)c4ccc2n3-c2ccccc2)OC1(C)C.I.[C-]#[N+]c1cc(-c2nc(-c3ccccc3)nc(-c3ccccc3)c2C#N)ccc1-c1ccc2c(c1)c1c3c4ccccc4n(-c4ccccc4)c3ccc1n2-c1ccccc1.[C-]#[N+]c1cc(-c2nc(-c3ccccc3)nc(-c3ccccc3)c2[N+]#[C-])ccc1Cl. The molecule has 6 aromatic heterocycles. The molecule has 1 saturated heterocycles. The third-order valence-corrected chi connectivity index (χ3v) is 25.3. The van der Waals surface area contributed by atoms with Crippen LogP contribution < -0.4 is 5.46 Å². The molecule has 23 rings (SSSR count). The zero-order valence-corrected chi connectivity index (χ0v) is 74.6. The predicted octanol–water partition coefficient (Wildman–Crippen LogP) is 29.8. The van der Waals surface area contributed by atoms with Gasteiger partial charge in [0.25, 0.3) is 0 Å². The highest BCUT2D eigenvalue weighted by atomic mass is 127. The summed E-state index contributed by atoms with van der Waals surface area (Å²) in [6, 6.07) is 134. The van der Waals surface area contributed by atoms with Crippen molar-refractivity contribution in [3.8, 4) is 108 Å². The molecule has 0 amide bonds. The Kier molecular flexibility index (Phi) is 21.9. The summed E-state index contributed by atoms with van der Waals surface area (Å²) in [5.41, 5.74) is 23.9. The summed E-state index contributed by atoms with van der Waals surface area (Å²) in [7, 11) is -0.426. The number of halogens is 2. The molecule has 0 radical (unpaired) electrons. The van der Waals surface area contributed by atoms with Crippen LogP contribution in [0.1, 0.15) is 33.3 Å². The quantitative estimate of drug-likeness (QED) is 0.0677. The van der Waals surface area contributed by atoms with Crippen LogP contribution in [0.2, 0.25) is 5.02 Å². The minimum atomic E-state index is -0.426. The molecule has 16 aromatic carbocycles. The Balaban J connectivity index is 0.000000131. The number of nitrogens with zero attached hydrogens (tertiary/aromatic N) is 12. The number of hydrogen-bond acceptors (Lipinski definition) is 7. The third kappa shape index (κ3) is 14.7. The Hall–Kier alpha value is -16.2. The van der Waals surface area contributed by atoms with Gasteiger partial charge in [0.2, 0.25) is 11.4 Å². The van der Waals surface area contributed by atoms with Gasteiger partial charge >= 0.3 is 7.12 Å². The summed E-state index contributed by atoms with van der Waals surface area (Å²) in [6.07, 6.45) is 0. The second-order valence-electron chi connectivity index (χ2n) is 33.0. The molecule has 0 spiro atoms. The summed E-state index contributed by atoms with van der Waals surface area (Å²) >= 11 is 6.10. The van der Waals surface area contributed by atoms with Gasteiger partial charge in [-0.2, -0.15) is 5.26 Å². The maximum absolute atomic E-state index is 10.6. The number of nitriles is 1. The van der Waals surface area contributed by atoms with Crippen LogP contribution in [0.15, 0.2) is 388 Å². The molecule has 14 nitrogen and oxygen atoms in total. The van der Waals surface area contributed by atoms with Gasteiger partial charge in [0.1, 0.15) is 11.6 Å². The fraction of sp³-hybridized carbons (Fsp3) is 0.0526. The lowest BCUT2D eigenvalue weighted by atomic mass is 9.78. The van der Waals surface area contributed by atoms with Crippen LogP contribution in [0.4, 0.5) is 17.1 Å². The van der Waals surface area contributed by atoms with Crippen LogP contribution in [0.25, 0.3) is 203 Å². The number of fused-ring (bicyclic) bond motifs is 14. The minimum absolute atomic E-state index is 0. The highest BCUT2D eigenvalue weighted by molar-refractivity contribution is 14.0. The fourth-order valence-electron chi connectivity index (χ4n) is 18.2. The molecule has 22 aromatic rings. The van der Waals surface area contributed by atoms with Crippen molar-refractivity contribution in [3.63, 3.8) is 0 Å². The Morgan fingerprint density at radius 3 is 1.06 bits per heavy atom. The maximum atomic E-state index is 10.6. The predicted molar refractivity (Wildman–Crippen MR) is 546 cm³/mol. The average molecular weight is 1820 g/mol. The molecule has 1 aliphatic rings. The Bertz CT molecular complexity index is 8400. The highest BCUT2D eigenvalue weighted by Gasteiger charge is 2.52. The van der Waals surface area contributed by atoms with E-state index in [0.717, 1.165) is 99.9 Å². The number of para-hydroxylation sites is 6. The summed E-state index contributed by atoms with van der Waals surface area (Å²) in [4.78, 5) is 30.6. The topological polar surface area (TPSA) is 127 Å². The molecule has 1 aliphatic heterocycles. The summed E-state index contributed by atoms with van der Waals surface area (Å²) in [5, 5.41) is 20.5. The van der Waals surface area contributed by atoms with Crippen molar-refractivity contribution in [1.29, 1.82) is 5.26 Å². The number of aromatic nitrogens is 8. The summed E-state index contributed by atoms with van der Waals surface area (Å²) < 4.78 is 22.4. The van der Waals surface area contributed by atoms with E-state index in [9.17, 15) is 5.26 Å². The van der Waals surface area contributed by atoms with Crippen molar-refractivity contribution in [2.45, 2.75) is 38.9 Å². The lowest BCUT2D eigenvalue weighted by Crippen LogP contribution is -2.41. The second-order valence-corrected chi connectivity index (χ2v) is 33.5. The second kappa shape index (κ2) is 34.5. The van der Waals surface area contributed by atoms with E-state index in [1.54, 1.807) is 18.2 Å². The first-order valence-corrected chi connectivity index (χ1v) is 43.2. The van der Waals surface area contributed by atoms with Gasteiger partial charge in [0.05, 0.1) is 97.8 Å². The van der Waals surface area contributed by atoms with Gasteiger partial charge in [0.15, 0.2) is 17.3 Å². The maximum Gasteiger partial charge on any atom is 0.494 e. The molecule has 0 aliphatic carbocycles. The molecule has 17 heteroatoms. The van der Waals surface area contributed by atoms with Crippen LogP contribution in [0, 0.1) is 31.0 Å². The van der Waals surface area contributed by atoms with E-state index >= 15 is 0 Å². The number of rotatable bonds is 12. The van der Waals surface area contributed by atoms with Crippen molar-refractivity contribution < 1.29 is 9.31 Å². The summed E-state index contributed by atoms with van der Waals surface area (Å²) in [6.45, 7) is 32.0. The molecule has 0 bridgehead atoms. The average Bonchev–Trinajstić information content (AvgIpc) is 1.55. The molecule has 0 unspecified atom stereocenters. The van der Waals surface area contributed by atoms with E-state index in [2.05, 4.69) is 291 Å². The van der Waals surface area contributed by atoms with Crippen LogP contribution in [0.3, 0.4) is 0 Å². The molecule has 0 atom stereocenters. The first-order valence-electron chi connectivity index (χ1n) is 42.9. The standard InChI is InChI=1S/C54H32N6.C36H31BN2O2.C24H13ClN4.HI/c1-56-45-33-38(53-44(34-55)52(35-16-6-2-7-17-35)57-54(58-53)36-18-8-3-9-19-36)26-28-41(45)37-27-29-47-43(32-37)51-49(60(47)40-22-12-5-13-23-40)31-30-48-50(51)42-24-14-15-25-46(42)59(48)39-20-10-4-11-21-39;1-35(2)36(3,4)41-37(40-35)24-19-20-30-28(23-24)34-32(39(30)26-15-9-6-10-16-26)22-21-31-33(34)27-17-11-12-18-29(27)38(31)25-13-7-5-8-14-25;1-26-20-15-18(13-14-19(20)25)22-23(27-2)21(16-9-5-3-6-10-16)28-24(29-22)17-11-7-4-8-12-17;/h2-33H;5-23H,1-4H3;3-15H;1H.